The molecule has 0 saturated heterocycles. The Labute approximate surface area is 170 Å². The number of rotatable bonds is 15. The number of carbonyl (C=O) groups is 2. The molecule has 0 fully saturated rings. The van der Waals surface area contributed by atoms with Gasteiger partial charge in [0.1, 0.15) is 0 Å². The van der Waals surface area contributed by atoms with Crippen LogP contribution in [0, 0.1) is 0 Å². The molecule has 1 rings (SSSR count). The van der Waals surface area contributed by atoms with Crippen LogP contribution in [0.15, 0.2) is 18.3 Å². The van der Waals surface area contributed by atoms with Crippen LogP contribution in [0.1, 0.15) is 64.5 Å². The lowest BCUT2D eigenvalue weighted by molar-refractivity contribution is -0.141. The second kappa shape index (κ2) is 14.2. The van der Waals surface area contributed by atoms with Gasteiger partial charge in [-0.15, -0.1) is 0 Å². The fourth-order valence-corrected chi connectivity index (χ4v) is 3.12. The SMILES string of the molecule is CCCCCCC(=O)N(CCCC)CC(=O)N(CCOC)Cc1cccn1C. The third-order valence-electron chi connectivity index (χ3n) is 5.03. The van der Waals surface area contributed by atoms with Gasteiger partial charge in [0.25, 0.3) is 0 Å². The maximum absolute atomic E-state index is 13.0. The molecule has 0 aliphatic rings. The monoisotopic (exact) mass is 393 g/mol. The van der Waals surface area contributed by atoms with E-state index in [-0.39, 0.29) is 18.4 Å². The Morgan fingerprint density at radius 1 is 1.00 bits per heavy atom. The van der Waals surface area contributed by atoms with Crippen molar-refractivity contribution in [1.82, 2.24) is 14.4 Å². The third-order valence-corrected chi connectivity index (χ3v) is 5.03. The molecule has 0 aliphatic carbocycles. The number of methoxy groups -OCH3 is 1. The Kier molecular flexibility index (Phi) is 12.3. The molecule has 2 amide bonds. The van der Waals surface area contributed by atoms with Crippen molar-refractivity contribution in [1.29, 1.82) is 0 Å². The second-order valence-corrected chi connectivity index (χ2v) is 7.40. The summed E-state index contributed by atoms with van der Waals surface area (Å²) in [6, 6.07) is 3.99. The number of hydrogen-bond donors (Lipinski definition) is 0. The van der Waals surface area contributed by atoms with Gasteiger partial charge < -0.3 is 19.1 Å². The molecular formula is C22H39N3O3. The molecule has 1 aromatic rings. The van der Waals surface area contributed by atoms with Gasteiger partial charge in [0.2, 0.25) is 11.8 Å². The van der Waals surface area contributed by atoms with Crippen LogP contribution in [0.2, 0.25) is 0 Å². The highest BCUT2D eigenvalue weighted by Gasteiger charge is 2.21. The average molecular weight is 394 g/mol. The molecule has 0 spiro atoms. The number of amides is 2. The molecule has 6 nitrogen and oxygen atoms in total. The Bertz CT molecular complexity index is 571. The fourth-order valence-electron chi connectivity index (χ4n) is 3.12. The topological polar surface area (TPSA) is 54.8 Å². The standard InChI is InChI=1S/C22H39N3O3/c1-5-7-9-10-13-21(26)24(15-8-6-2)19-22(27)25(16-17-28-4)18-20-12-11-14-23(20)3/h11-12,14H,5-10,13,15-19H2,1-4H3. The smallest absolute Gasteiger partial charge is 0.242 e. The maximum atomic E-state index is 13.0. The predicted octanol–water partition coefficient (Wildman–Crippen LogP) is 3.60. The van der Waals surface area contributed by atoms with Crippen molar-refractivity contribution in [3.63, 3.8) is 0 Å². The zero-order valence-corrected chi connectivity index (χ0v) is 18.3. The number of aromatic nitrogens is 1. The lowest BCUT2D eigenvalue weighted by Gasteiger charge is -2.28. The van der Waals surface area contributed by atoms with Crippen LogP contribution in [0.4, 0.5) is 0 Å². The Morgan fingerprint density at radius 2 is 1.75 bits per heavy atom. The highest BCUT2D eigenvalue weighted by molar-refractivity contribution is 5.84. The van der Waals surface area contributed by atoms with Crippen LogP contribution >= 0.6 is 0 Å². The summed E-state index contributed by atoms with van der Waals surface area (Å²) in [6.07, 6.45) is 8.72. The summed E-state index contributed by atoms with van der Waals surface area (Å²) >= 11 is 0. The minimum atomic E-state index is -0.0174. The lowest BCUT2D eigenvalue weighted by Crippen LogP contribution is -2.44. The van der Waals surface area contributed by atoms with E-state index < -0.39 is 0 Å². The number of aryl methyl sites for hydroxylation is 1. The van der Waals surface area contributed by atoms with Crippen LogP contribution in [0.5, 0.6) is 0 Å². The van der Waals surface area contributed by atoms with E-state index in [1.54, 1.807) is 16.9 Å². The molecular weight excluding hydrogens is 354 g/mol. The molecule has 0 bridgehead atoms. The Balaban J connectivity index is 2.73. The average Bonchev–Trinajstić information content (AvgIpc) is 3.09. The maximum Gasteiger partial charge on any atom is 0.242 e. The van der Waals surface area contributed by atoms with Crippen LogP contribution in [0.3, 0.4) is 0 Å². The van der Waals surface area contributed by atoms with Gasteiger partial charge in [-0.05, 0) is 25.0 Å². The van der Waals surface area contributed by atoms with Crippen molar-refractivity contribution < 1.29 is 14.3 Å². The molecule has 0 aliphatic heterocycles. The Morgan fingerprint density at radius 3 is 2.36 bits per heavy atom. The van der Waals surface area contributed by atoms with Gasteiger partial charge in [0.05, 0.1) is 19.7 Å². The van der Waals surface area contributed by atoms with Gasteiger partial charge in [0.15, 0.2) is 0 Å². The summed E-state index contributed by atoms with van der Waals surface area (Å²) in [7, 11) is 3.61. The summed E-state index contributed by atoms with van der Waals surface area (Å²) in [6.45, 7) is 6.60. The molecule has 160 valence electrons. The molecule has 28 heavy (non-hydrogen) atoms. The first-order valence-corrected chi connectivity index (χ1v) is 10.7. The quantitative estimate of drug-likeness (QED) is 0.428. The normalized spacial score (nSPS) is 10.9. The Hall–Kier alpha value is -1.82. The summed E-state index contributed by atoms with van der Waals surface area (Å²) in [4.78, 5) is 29.2. The van der Waals surface area contributed by atoms with Gasteiger partial charge in [-0.25, -0.2) is 0 Å². The second-order valence-electron chi connectivity index (χ2n) is 7.40. The van der Waals surface area contributed by atoms with Crippen LogP contribution in [-0.2, 0) is 27.9 Å². The van der Waals surface area contributed by atoms with Gasteiger partial charge in [-0.3, -0.25) is 9.59 Å². The molecule has 0 unspecified atom stereocenters. The molecule has 6 heteroatoms. The number of nitrogens with zero attached hydrogens (tertiary/aromatic N) is 3. The first kappa shape index (κ1) is 24.2. The van der Waals surface area contributed by atoms with E-state index in [9.17, 15) is 9.59 Å². The van der Waals surface area contributed by atoms with Gasteiger partial charge in [0, 0.05) is 45.6 Å². The molecule has 0 saturated carbocycles. The fraction of sp³-hybridized carbons (Fsp3) is 0.727. The molecule has 1 aromatic heterocycles. The predicted molar refractivity (Wildman–Crippen MR) is 113 cm³/mol. The van der Waals surface area contributed by atoms with Gasteiger partial charge in [-0.1, -0.05) is 39.5 Å². The van der Waals surface area contributed by atoms with E-state index in [0.29, 0.717) is 32.7 Å². The van der Waals surface area contributed by atoms with Crippen molar-refractivity contribution in [2.75, 3.05) is 33.4 Å². The summed E-state index contributed by atoms with van der Waals surface area (Å²) in [5.41, 5.74) is 1.07. The lowest BCUT2D eigenvalue weighted by atomic mass is 10.1. The van der Waals surface area contributed by atoms with E-state index in [0.717, 1.165) is 44.2 Å². The van der Waals surface area contributed by atoms with Crippen LogP contribution in [-0.4, -0.2) is 59.5 Å². The minimum Gasteiger partial charge on any atom is -0.383 e. The number of carbonyl (C=O) groups excluding carboxylic acids is 2. The van der Waals surface area contributed by atoms with Crippen molar-refractivity contribution >= 4 is 11.8 Å². The van der Waals surface area contributed by atoms with Crippen molar-refractivity contribution in [2.24, 2.45) is 7.05 Å². The first-order valence-electron chi connectivity index (χ1n) is 10.7. The van der Waals surface area contributed by atoms with Gasteiger partial charge >= 0.3 is 0 Å². The molecule has 0 aromatic carbocycles. The van der Waals surface area contributed by atoms with E-state index in [2.05, 4.69) is 13.8 Å². The zero-order valence-electron chi connectivity index (χ0n) is 18.3. The molecule has 1 heterocycles. The summed E-state index contributed by atoms with van der Waals surface area (Å²) in [5.74, 6) is 0.0831. The summed E-state index contributed by atoms with van der Waals surface area (Å²) in [5, 5.41) is 0. The van der Waals surface area contributed by atoms with E-state index >= 15 is 0 Å². The van der Waals surface area contributed by atoms with E-state index in [1.165, 1.54) is 0 Å². The minimum absolute atomic E-state index is 0.0174. The van der Waals surface area contributed by atoms with Crippen molar-refractivity contribution in [3.8, 4) is 0 Å². The summed E-state index contributed by atoms with van der Waals surface area (Å²) < 4.78 is 7.20. The number of hydrogen-bond acceptors (Lipinski definition) is 3. The zero-order chi connectivity index (χ0) is 20.8. The largest absolute Gasteiger partial charge is 0.383 e. The molecule has 0 N–H and O–H groups in total. The van der Waals surface area contributed by atoms with Crippen LogP contribution < -0.4 is 0 Å². The number of unbranched alkanes of at least 4 members (excludes halogenated alkanes) is 4. The highest BCUT2D eigenvalue weighted by Crippen LogP contribution is 2.10. The van der Waals surface area contributed by atoms with E-state index in [4.69, 9.17) is 4.74 Å². The van der Waals surface area contributed by atoms with E-state index in [1.807, 2.05) is 29.9 Å². The number of ether oxygens (including phenoxy) is 1. The molecule has 0 radical (unpaired) electrons. The van der Waals surface area contributed by atoms with Crippen molar-refractivity contribution in [2.45, 2.75) is 65.3 Å². The van der Waals surface area contributed by atoms with Crippen LogP contribution in [0.25, 0.3) is 0 Å². The first-order chi connectivity index (χ1) is 13.5. The molecule has 0 atom stereocenters. The van der Waals surface area contributed by atoms with Gasteiger partial charge in [-0.2, -0.15) is 0 Å². The third kappa shape index (κ3) is 8.91. The van der Waals surface area contributed by atoms with Crippen molar-refractivity contribution in [3.05, 3.63) is 24.0 Å². The highest BCUT2D eigenvalue weighted by atomic mass is 16.5.